The van der Waals surface area contributed by atoms with Crippen LogP contribution in [0.25, 0.3) is 11.3 Å². The monoisotopic (exact) mass is 432 g/mol. The highest BCUT2D eigenvalue weighted by atomic mass is 35.5. The first-order valence-electron chi connectivity index (χ1n) is 9.62. The Morgan fingerprint density at radius 1 is 1.04 bits per heavy atom. The number of rotatable bonds is 6. The second-order valence-corrected chi connectivity index (χ2v) is 9.30. The molecule has 0 spiro atoms. The zero-order valence-electron chi connectivity index (χ0n) is 16.7. The number of benzene rings is 2. The van der Waals surface area contributed by atoms with Gasteiger partial charge in [-0.2, -0.15) is 0 Å². The maximum atomic E-state index is 6.54. The van der Waals surface area contributed by atoms with Crippen LogP contribution < -0.4 is 4.80 Å². The number of para-hydroxylation sites is 1. The van der Waals surface area contributed by atoms with Gasteiger partial charge in [0, 0.05) is 22.0 Å². The summed E-state index contributed by atoms with van der Waals surface area (Å²) in [5, 5.41) is 3.46. The van der Waals surface area contributed by atoms with Crippen molar-refractivity contribution in [1.82, 2.24) is 4.57 Å². The number of nitrogens with zero attached hydrogens (tertiary/aromatic N) is 2. The Hall–Kier alpha value is -1.55. The standard InChI is InChI=1S/C23H26Cl2N2S/c1-15(2)9-10-17(4)27-22(19-12-11-18(24)13-20(19)25)14-28-23(27)26-21-8-6-5-7-16(21)3/h5-8,11-15,17H,9-10H2,1-4H3/t17-/m1/s1. The Kier molecular flexibility index (Phi) is 7.03. The van der Waals surface area contributed by atoms with Crippen molar-refractivity contribution in [3.63, 3.8) is 0 Å². The molecule has 28 heavy (non-hydrogen) atoms. The average molecular weight is 433 g/mol. The highest BCUT2D eigenvalue weighted by Gasteiger charge is 2.17. The van der Waals surface area contributed by atoms with Gasteiger partial charge in [-0.15, -0.1) is 11.3 Å². The van der Waals surface area contributed by atoms with E-state index in [-0.39, 0.29) is 0 Å². The van der Waals surface area contributed by atoms with Crippen molar-refractivity contribution < 1.29 is 0 Å². The fraction of sp³-hybridized carbons (Fsp3) is 0.348. The van der Waals surface area contributed by atoms with E-state index in [2.05, 4.69) is 49.8 Å². The Morgan fingerprint density at radius 2 is 1.79 bits per heavy atom. The summed E-state index contributed by atoms with van der Waals surface area (Å²) in [5.41, 5.74) is 4.26. The van der Waals surface area contributed by atoms with Crippen LogP contribution in [0.15, 0.2) is 52.8 Å². The summed E-state index contributed by atoms with van der Waals surface area (Å²) in [7, 11) is 0. The van der Waals surface area contributed by atoms with Crippen molar-refractivity contribution in [3.05, 3.63) is 68.3 Å². The topological polar surface area (TPSA) is 17.3 Å². The van der Waals surface area contributed by atoms with Crippen LogP contribution in [-0.2, 0) is 0 Å². The van der Waals surface area contributed by atoms with Crippen LogP contribution in [0.5, 0.6) is 0 Å². The number of thiazole rings is 1. The van der Waals surface area contributed by atoms with E-state index in [0.29, 0.717) is 22.0 Å². The van der Waals surface area contributed by atoms with Crippen molar-refractivity contribution in [2.24, 2.45) is 10.9 Å². The number of hydrogen-bond acceptors (Lipinski definition) is 2. The van der Waals surface area contributed by atoms with Crippen LogP contribution in [0.1, 0.15) is 45.2 Å². The van der Waals surface area contributed by atoms with Gasteiger partial charge in [0.15, 0.2) is 4.80 Å². The first-order chi connectivity index (χ1) is 13.4. The Morgan fingerprint density at radius 3 is 2.46 bits per heavy atom. The summed E-state index contributed by atoms with van der Waals surface area (Å²) in [4.78, 5) is 5.99. The van der Waals surface area contributed by atoms with Crippen molar-refractivity contribution in [2.75, 3.05) is 0 Å². The van der Waals surface area contributed by atoms with E-state index < -0.39 is 0 Å². The van der Waals surface area contributed by atoms with E-state index in [1.54, 1.807) is 17.4 Å². The number of halogens is 2. The van der Waals surface area contributed by atoms with E-state index in [9.17, 15) is 0 Å². The molecule has 0 N–H and O–H groups in total. The molecule has 0 aliphatic carbocycles. The van der Waals surface area contributed by atoms with E-state index in [1.807, 2.05) is 24.3 Å². The number of aromatic nitrogens is 1. The van der Waals surface area contributed by atoms with Crippen molar-refractivity contribution >= 4 is 40.2 Å². The second-order valence-electron chi connectivity index (χ2n) is 7.62. The van der Waals surface area contributed by atoms with Gasteiger partial charge in [-0.1, -0.05) is 55.2 Å². The normalized spacial score (nSPS) is 13.3. The third kappa shape index (κ3) is 4.89. The first-order valence-corrected chi connectivity index (χ1v) is 11.3. The zero-order chi connectivity index (χ0) is 20.3. The molecule has 2 nitrogen and oxygen atoms in total. The smallest absolute Gasteiger partial charge is 0.190 e. The van der Waals surface area contributed by atoms with Gasteiger partial charge in [-0.05, 0) is 62.4 Å². The summed E-state index contributed by atoms with van der Waals surface area (Å²) in [6.45, 7) is 8.89. The SMILES string of the molecule is Cc1ccccc1N=c1scc(-c2ccc(Cl)cc2Cl)n1[C@H](C)CCC(C)C. The fourth-order valence-corrected chi connectivity index (χ4v) is 4.72. The van der Waals surface area contributed by atoms with Crippen molar-refractivity contribution in [3.8, 4) is 11.3 Å². The van der Waals surface area contributed by atoms with E-state index >= 15 is 0 Å². The van der Waals surface area contributed by atoms with Gasteiger partial charge >= 0.3 is 0 Å². The molecule has 0 unspecified atom stereocenters. The summed E-state index contributed by atoms with van der Waals surface area (Å²) in [5.74, 6) is 0.668. The molecule has 0 radical (unpaired) electrons. The van der Waals surface area contributed by atoms with Crippen LogP contribution >= 0.6 is 34.5 Å². The van der Waals surface area contributed by atoms with Gasteiger partial charge in [0.2, 0.25) is 0 Å². The Labute approximate surface area is 181 Å². The maximum Gasteiger partial charge on any atom is 0.190 e. The molecule has 2 aromatic carbocycles. The summed E-state index contributed by atoms with van der Waals surface area (Å²) >= 11 is 14.3. The number of hydrogen-bond donors (Lipinski definition) is 0. The molecule has 1 heterocycles. The van der Waals surface area contributed by atoms with Crippen molar-refractivity contribution in [1.29, 1.82) is 0 Å². The molecule has 0 amide bonds. The van der Waals surface area contributed by atoms with Gasteiger partial charge in [0.25, 0.3) is 0 Å². The van der Waals surface area contributed by atoms with E-state index in [4.69, 9.17) is 28.2 Å². The summed E-state index contributed by atoms with van der Waals surface area (Å²) < 4.78 is 2.33. The van der Waals surface area contributed by atoms with Crippen LogP contribution in [0.4, 0.5) is 5.69 Å². The highest BCUT2D eigenvalue weighted by Crippen LogP contribution is 2.33. The lowest BCUT2D eigenvalue weighted by Crippen LogP contribution is -2.20. The Balaban J connectivity index is 2.15. The summed E-state index contributed by atoms with van der Waals surface area (Å²) in [6.07, 6.45) is 2.26. The van der Waals surface area contributed by atoms with E-state index in [0.717, 1.165) is 28.2 Å². The largest absolute Gasteiger partial charge is 0.314 e. The molecule has 0 aliphatic rings. The third-order valence-corrected chi connectivity index (χ3v) is 6.27. The molecule has 0 fully saturated rings. The Bertz CT molecular complexity index is 1020. The van der Waals surface area contributed by atoms with Crippen LogP contribution in [0, 0.1) is 12.8 Å². The molecule has 1 aromatic heterocycles. The van der Waals surface area contributed by atoms with Crippen LogP contribution in [-0.4, -0.2) is 4.57 Å². The molecular formula is C23H26Cl2N2S. The molecule has 1 atom stereocenters. The highest BCUT2D eigenvalue weighted by molar-refractivity contribution is 7.07. The molecule has 0 bridgehead atoms. The molecule has 3 aromatic rings. The average Bonchev–Trinajstić information content (AvgIpc) is 3.05. The number of aryl methyl sites for hydroxylation is 1. The quantitative estimate of drug-likeness (QED) is 0.374. The molecule has 0 saturated carbocycles. The maximum absolute atomic E-state index is 6.54. The minimum absolute atomic E-state index is 0.318. The predicted octanol–water partition coefficient (Wildman–Crippen LogP) is 8.06. The predicted molar refractivity (Wildman–Crippen MR) is 123 cm³/mol. The third-order valence-electron chi connectivity index (χ3n) is 4.88. The minimum Gasteiger partial charge on any atom is -0.314 e. The summed E-state index contributed by atoms with van der Waals surface area (Å²) in [6, 6.07) is 14.2. The molecule has 0 aliphatic heterocycles. The fourth-order valence-electron chi connectivity index (χ4n) is 3.22. The first kappa shape index (κ1) is 21.2. The van der Waals surface area contributed by atoms with E-state index in [1.165, 1.54) is 12.0 Å². The molecular weight excluding hydrogens is 407 g/mol. The van der Waals surface area contributed by atoms with Gasteiger partial charge < -0.3 is 4.57 Å². The van der Waals surface area contributed by atoms with Crippen LogP contribution in [0.2, 0.25) is 10.0 Å². The van der Waals surface area contributed by atoms with Gasteiger partial charge in [-0.25, -0.2) is 4.99 Å². The lowest BCUT2D eigenvalue weighted by Gasteiger charge is -2.19. The van der Waals surface area contributed by atoms with Crippen LogP contribution in [0.3, 0.4) is 0 Å². The molecule has 148 valence electrons. The molecule has 5 heteroatoms. The van der Waals surface area contributed by atoms with Gasteiger partial charge in [-0.3, -0.25) is 0 Å². The second kappa shape index (κ2) is 9.30. The minimum atomic E-state index is 0.318. The zero-order valence-corrected chi connectivity index (χ0v) is 19.1. The lowest BCUT2D eigenvalue weighted by molar-refractivity contribution is 0.436. The molecule has 3 rings (SSSR count). The van der Waals surface area contributed by atoms with Crippen molar-refractivity contribution in [2.45, 2.75) is 46.6 Å². The van der Waals surface area contributed by atoms with Gasteiger partial charge in [0.1, 0.15) is 0 Å². The van der Waals surface area contributed by atoms with Gasteiger partial charge in [0.05, 0.1) is 16.4 Å². The lowest BCUT2D eigenvalue weighted by atomic mass is 10.0. The molecule has 0 saturated heterocycles.